The Morgan fingerprint density at radius 3 is 2.39 bits per heavy atom. The molecule has 1 aromatic heterocycles. The highest BCUT2D eigenvalue weighted by molar-refractivity contribution is 5.44. The first kappa shape index (κ1) is 12.6. The van der Waals surface area contributed by atoms with Gasteiger partial charge in [-0.3, -0.25) is 0 Å². The molecule has 0 aliphatic heterocycles. The lowest BCUT2D eigenvalue weighted by atomic mass is 9.99. The van der Waals surface area contributed by atoms with Crippen molar-refractivity contribution in [1.29, 1.82) is 0 Å². The maximum atomic E-state index is 10.3. The number of nitrogens with zero attached hydrogens (tertiary/aromatic N) is 2. The number of aryl methyl sites for hydroxylation is 1. The average molecular weight is 242 g/mol. The van der Waals surface area contributed by atoms with Crippen molar-refractivity contribution in [2.24, 2.45) is 0 Å². The molecule has 0 spiro atoms. The molecular weight excluding hydrogens is 224 g/mol. The molecule has 0 unspecified atom stereocenters. The predicted molar refractivity (Wildman–Crippen MR) is 73.8 cm³/mol. The SMILES string of the molecule is Cc1cc(N(C)C)ncc1[C@@H](O)c1ccccc1. The Bertz CT molecular complexity index is 523. The van der Waals surface area contributed by atoms with Crippen molar-refractivity contribution >= 4 is 5.82 Å². The summed E-state index contributed by atoms with van der Waals surface area (Å²) in [5.74, 6) is 0.900. The van der Waals surface area contributed by atoms with Gasteiger partial charge in [-0.25, -0.2) is 4.98 Å². The second-order valence-electron chi connectivity index (χ2n) is 4.61. The molecule has 0 fully saturated rings. The van der Waals surface area contributed by atoms with E-state index in [1.165, 1.54) is 0 Å². The van der Waals surface area contributed by atoms with E-state index in [1.807, 2.05) is 62.3 Å². The zero-order valence-electron chi connectivity index (χ0n) is 11.0. The van der Waals surface area contributed by atoms with Crippen LogP contribution in [0.25, 0.3) is 0 Å². The molecule has 0 bridgehead atoms. The summed E-state index contributed by atoms with van der Waals surface area (Å²) in [6, 6.07) is 11.6. The number of hydrogen-bond donors (Lipinski definition) is 1. The summed E-state index contributed by atoms with van der Waals surface area (Å²) >= 11 is 0. The van der Waals surface area contributed by atoms with E-state index in [9.17, 15) is 5.11 Å². The molecule has 3 nitrogen and oxygen atoms in total. The van der Waals surface area contributed by atoms with Crippen LogP contribution in [0.2, 0.25) is 0 Å². The zero-order chi connectivity index (χ0) is 13.1. The lowest BCUT2D eigenvalue weighted by Crippen LogP contribution is -2.12. The van der Waals surface area contributed by atoms with Crippen LogP contribution >= 0.6 is 0 Å². The van der Waals surface area contributed by atoms with Gasteiger partial charge in [0.2, 0.25) is 0 Å². The third-order valence-electron chi connectivity index (χ3n) is 3.00. The number of aliphatic hydroxyl groups excluding tert-OH is 1. The Morgan fingerprint density at radius 2 is 1.83 bits per heavy atom. The van der Waals surface area contributed by atoms with Crippen LogP contribution in [0.5, 0.6) is 0 Å². The second kappa shape index (κ2) is 5.19. The normalized spacial score (nSPS) is 12.2. The van der Waals surface area contributed by atoms with Gasteiger partial charge in [-0.1, -0.05) is 30.3 Å². The number of hydrogen-bond acceptors (Lipinski definition) is 3. The quantitative estimate of drug-likeness (QED) is 0.898. The van der Waals surface area contributed by atoms with Gasteiger partial charge in [-0.15, -0.1) is 0 Å². The molecule has 0 saturated heterocycles. The molecule has 0 saturated carbocycles. The van der Waals surface area contributed by atoms with E-state index in [0.29, 0.717) is 0 Å². The van der Waals surface area contributed by atoms with E-state index in [1.54, 1.807) is 6.20 Å². The molecule has 94 valence electrons. The van der Waals surface area contributed by atoms with Gasteiger partial charge < -0.3 is 10.0 Å². The molecule has 1 N–H and O–H groups in total. The smallest absolute Gasteiger partial charge is 0.128 e. The van der Waals surface area contributed by atoms with Crippen molar-refractivity contribution in [3.63, 3.8) is 0 Å². The number of anilines is 1. The number of aliphatic hydroxyl groups is 1. The molecule has 1 atom stereocenters. The van der Waals surface area contributed by atoms with Crippen molar-refractivity contribution < 1.29 is 5.11 Å². The van der Waals surface area contributed by atoms with E-state index in [2.05, 4.69) is 4.98 Å². The second-order valence-corrected chi connectivity index (χ2v) is 4.61. The number of benzene rings is 1. The fourth-order valence-corrected chi connectivity index (χ4v) is 1.90. The molecule has 2 rings (SSSR count). The van der Waals surface area contributed by atoms with Gasteiger partial charge >= 0.3 is 0 Å². The van der Waals surface area contributed by atoms with E-state index >= 15 is 0 Å². The zero-order valence-corrected chi connectivity index (χ0v) is 11.0. The van der Waals surface area contributed by atoms with Crippen LogP contribution in [0, 0.1) is 6.92 Å². The summed E-state index contributed by atoms with van der Waals surface area (Å²) < 4.78 is 0. The molecular formula is C15H18N2O. The van der Waals surface area contributed by atoms with Crippen LogP contribution in [0.15, 0.2) is 42.6 Å². The Hall–Kier alpha value is -1.87. The highest BCUT2D eigenvalue weighted by Crippen LogP contribution is 2.25. The number of rotatable bonds is 3. The fraction of sp³-hybridized carbons (Fsp3) is 0.267. The van der Waals surface area contributed by atoms with E-state index in [0.717, 1.165) is 22.5 Å². The Kier molecular flexibility index (Phi) is 3.63. The van der Waals surface area contributed by atoms with Gasteiger partial charge in [0.25, 0.3) is 0 Å². The first-order valence-corrected chi connectivity index (χ1v) is 5.96. The Balaban J connectivity index is 2.34. The third-order valence-corrected chi connectivity index (χ3v) is 3.00. The monoisotopic (exact) mass is 242 g/mol. The number of pyridine rings is 1. The number of aromatic nitrogens is 1. The standard InChI is InChI=1S/C15H18N2O/c1-11-9-14(17(2)3)16-10-13(11)15(18)12-7-5-4-6-8-12/h4-10,15,18H,1-3H3/t15-/m0/s1. The van der Waals surface area contributed by atoms with Gasteiger partial charge in [-0.2, -0.15) is 0 Å². The maximum Gasteiger partial charge on any atom is 0.128 e. The van der Waals surface area contributed by atoms with Crippen LogP contribution < -0.4 is 4.90 Å². The summed E-state index contributed by atoms with van der Waals surface area (Å²) in [6.07, 6.45) is 1.14. The highest BCUT2D eigenvalue weighted by Gasteiger charge is 2.13. The highest BCUT2D eigenvalue weighted by atomic mass is 16.3. The first-order chi connectivity index (χ1) is 8.59. The summed E-state index contributed by atoms with van der Waals surface area (Å²) in [6.45, 7) is 2.00. The first-order valence-electron chi connectivity index (χ1n) is 5.96. The minimum atomic E-state index is -0.616. The predicted octanol–water partition coefficient (Wildman–Crippen LogP) is 2.54. The molecule has 18 heavy (non-hydrogen) atoms. The Morgan fingerprint density at radius 1 is 1.17 bits per heavy atom. The fourth-order valence-electron chi connectivity index (χ4n) is 1.90. The summed E-state index contributed by atoms with van der Waals surface area (Å²) in [5, 5.41) is 10.3. The van der Waals surface area contributed by atoms with E-state index in [4.69, 9.17) is 0 Å². The largest absolute Gasteiger partial charge is 0.384 e. The lowest BCUT2D eigenvalue weighted by Gasteiger charge is -2.17. The van der Waals surface area contributed by atoms with Gasteiger partial charge in [0.1, 0.15) is 11.9 Å². The van der Waals surface area contributed by atoms with Gasteiger partial charge in [-0.05, 0) is 24.1 Å². The summed E-state index contributed by atoms with van der Waals surface area (Å²) in [5.41, 5.74) is 2.79. The average Bonchev–Trinajstić information content (AvgIpc) is 2.38. The van der Waals surface area contributed by atoms with E-state index < -0.39 is 6.10 Å². The van der Waals surface area contributed by atoms with E-state index in [-0.39, 0.29) is 0 Å². The third kappa shape index (κ3) is 2.51. The minimum absolute atomic E-state index is 0.616. The van der Waals surface area contributed by atoms with Crippen LogP contribution in [-0.2, 0) is 0 Å². The van der Waals surface area contributed by atoms with Crippen molar-refractivity contribution in [1.82, 2.24) is 4.98 Å². The molecule has 0 radical (unpaired) electrons. The lowest BCUT2D eigenvalue weighted by molar-refractivity contribution is 0.219. The van der Waals surface area contributed by atoms with Crippen LogP contribution in [0.3, 0.4) is 0 Å². The van der Waals surface area contributed by atoms with Crippen LogP contribution in [0.1, 0.15) is 22.8 Å². The van der Waals surface area contributed by atoms with Crippen molar-refractivity contribution in [2.75, 3.05) is 19.0 Å². The summed E-state index contributed by atoms with van der Waals surface area (Å²) in [7, 11) is 3.91. The molecule has 2 aromatic rings. The van der Waals surface area contributed by atoms with Crippen LogP contribution in [-0.4, -0.2) is 24.2 Å². The van der Waals surface area contributed by atoms with Crippen molar-refractivity contribution in [3.05, 3.63) is 59.3 Å². The van der Waals surface area contributed by atoms with Gasteiger partial charge in [0, 0.05) is 25.9 Å². The van der Waals surface area contributed by atoms with Gasteiger partial charge in [0.05, 0.1) is 0 Å². The van der Waals surface area contributed by atoms with Crippen LogP contribution in [0.4, 0.5) is 5.82 Å². The molecule has 0 aliphatic carbocycles. The maximum absolute atomic E-state index is 10.3. The molecule has 3 heteroatoms. The Labute approximate surface area is 108 Å². The summed E-state index contributed by atoms with van der Waals surface area (Å²) in [4.78, 5) is 6.30. The van der Waals surface area contributed by atoms with Crippen molar-refractivity contribution in [3.8, 4) is 0 Å². The van der Waals surface area contributed by atoms with Crippen molar-refractivity contribution in [2.45, 2.75) is 13.0 Å². The van der Waals surface area contributed by atoms with Gasteiger partial charge in [0.15, 0.2) is 0 Å². The minimum Gasteiger partial charge on any atom is -0.384 e. The molecule has 0 amide bonds. The molecule has 0 aliphatic rings. The molecule has 1 aromatic carbocycles. The topological polar surface area (TPSA) is 36.4 Å². The molecule has 1 heterocycles.